The lowest BCUT2D eigenvalue weighted by Crippen LogP contribution is -2.56. The summed E-state index contributed by atoms with van der Waals surface area (Å²) in [5.74, 6) is -1.74. The van der Waals surface area contributed by atoms with E-state index in [0.717, 1.165) is 12.1 Å². The molecule has 0 aliphatic heterocycles. The van der Waals surface area contributed by atoms with Gasteiger partial charge in [0.1, 0.15) is 0 Å². The van der Waals surface area contributed by atoms with E-state index in [-0.39, 0.29) is 5.56 Å². The Bertz CT molecular complexity index is 298. The van der Waals surface area contributed by atoms with Crippen molar-refractivity contribution in [2.75, 3.05) is 0 Å². The quantitative estimate of drug-likeness (QED) is 0.597. The third-order valence-electron chi connectivity index (χ3n) is 1.27. The van der Waals surface area contributed by atoms with Crippen LogP contribution in [0.25, 0.3) is 0 Å². The van der Waals surface area contributed by atoms with Crippen LogP contribution in [-0.4, -0.2) is 11.0 Å². The Hall–Kier alpha value is -1.42. The van der Waals surface area contributed by atoms with Crippen molar-refractivity contribution in [1.29, 1.82) is 0 Å². The van der Waals surface area contributed by atoms with Crippen LogP contribution in [0.15, 0.2) is 18.2 Å². The molecule has 0 saturated heterocycles. The van der Waals surface area contributed by atoms with Gasteiger partial charge in [-0.2, -0.15) is 0 Å². The first-order chi connectivity index (χ1) is 5.11. The highest BCUT2D eigenvalue weighted by molar-refractivity contribution is 5.85. The molecule has 1 amide bonds. The van der Waals surface area contributed by atoms with Gasteiger partial charge in [-0.15, -0.1) is 0 Å². The first-order valence-corrected chi connectivity index (χ1v) is 2.96. The molecule has 0 aliphatic rings. The zero-order chi connectivity index (χ0) is 8.43. The molecule has 0 heterocycles. The molecule has 58 valence electrons. The Morgan fingerprint density at radius 3 is 2.64 bits per heavy atom. The van der Waals surface area contributed by atoms with Crippen molar-refractivity contribution in [2.24, 2.45) is 0 Å². The van der Waals surface area contributed by atoms with E-state index in [4.69, 9.17) is 5.11 Å². The van der Waals surface area contributed by atoms with Crippen LogP contribution in [0.3, 0.4) is 0 Å². The number of carbonyl (C=O) groups excluding carboxylic acids is 1. The number of halogens is 1. The van der Waals surface area contributed by atoms with Crippen molar-refractivity contribution in [2.45, 2.75) is 0 Å². The maximum Gasteiger partial charge on any atom is 0.341 e. The monoisotopic (exact) mass is 156 g/mol. The van der Waals surface area contributed by atoms with E-state index in [9.17, 15) is 9.18 Å². The minimum Gasteiger partial charge on any atom is -0.505 e. The van der Waals surface area contributed by atoms with Crippen molar-refractivity contribution < 1.29 is 20.0 Å². The number of hydrogen-bond acceptors (Lipinski definition) is 2. The predicted molar refractivity (Wildman–Crippen MR) is 35.3 cm³/mol. The second-order valence-electron chi connectivity index (χ2n) is 2.09. The Morgan fingerprint density at radius 1 is 1.55 bits per heavy atom. The van der Waals surface area contributed by atoms with E-state index in [1.807, 2.05) is 0 Å². The van der Waals surface area contributed by atoms with Gasteiger partial charge in [-0.1, -0.05) is 0 Å². The van der Waals surface area contributed by atoms with Crippen molar-refractivity contribution >= 4 is 5.91 Å². The summed E-state index contributed by atoms with van der Waals surface area (Å²) in [7, 11) is 0. The van der Waals surface area contributed by atoms with E-state index in [2.05, 4.69) is 5.73 Å². The molecule has 0 aliphatic carbocycles. The van der Waals surface area contributed by atoms with Crippen LogP contribution in [0.2, 0.25) is 0 Å². The van der Waals surface area contributed by atoms with Crippen LogP contribution in [0, 0.1) is 5.82 Å². The second-order valence-corrected chi connectivity index (χ2v) is 2.09. The number of phenols is 1. The van der Waals surface area contributed by atoms with E-state index in [1.54, 1.807) is 0 Å². The zero-order valence-electron chi connectivity index (χ0n) is 5.67. The first kappa shape index (κ1) is 7.68. The van der Waals surface area contributed by atoms with Crippen molar-refractivity contribution in [3.8, 4) is 5.75 Å². The first-order valence-electron chi connectivity index (χ1n) is 2.96. The fourth-order valence-corrected chi connectivity index (χ4v) is 0.680. The van der Waals surface area contributed by atoms with Crippen LogP contribution in [0.4, 0.5) is 4.39 Å². The van der Waals surface area contributed by atoms with Crippen molar-refractivity contribution in [3.05, 3.63) is 29.6 Å². The highest BCUT2D eigenvalue weighted by Crippen LogP contribution is 2.15. The van der Waals surface area contributed by atoms with E-state index in [0.29, 0.717) is 0 Å². The smallest absolute Gasteiger partial charge is 0.341 e. The van der Waals surface area contributed by atoms with Gasteiger partial charge in [0.2, 0.25) is 0 Å². The number of carbonyl (C=O) groups is 1. The number of aromatic hydroxyl groups is 1. The largest absolute Gasteiger partial charge is 0.505 e. The number of phenolic OH excluding ortho intramolecular Hbond substituents is 1. The lowest BCUT2D eigenvalue weighted by atomic mass is 10.2. The molecule has 0 unspecified atom stereocenters. The maximum absolute atomic E-state index is 12.5. The number of hydrogen-bond donors (Lipinski definition) is 2. The van der Waals surface area contributed by atoms with Gasteiger partial charge in [0.05, 0.1) is 5.56 Å². The molecule has 3 nitrogen and oxygen atoms in total. The van der Waals surface area contributed by atoms with Crippen molar-refractivity contribution in [1.82, 2.24) is 0 Å². The molecule has 0 radical (unpaired) electrons. The number of amides is 1. The molecule has 0 fully saturated rings. The fourth-order valence-electron chi connectivity index (χ4n) is 0.680. The topological polar surface area (TPSA) is 64.9 Å². The van der Waals surface area contributed by atoms with E-state index < -0.39 is 17.5 Å². The summed E-state index contributed by atoms with van der Waals surface area (Å²) in [6, 6.07) is 3.38. The van der Waals surface area contributed by atoms with Gasteiger partial charge < -0.3 is 5.11 Å². The highest BCUT2D eigenvalue weighted by atomic mass is 19.1. The summed E-state index contributed by atoms with van der Waals surface area (Å²) < 4.78 is 12.5. The van der Waals surface area contributed by atoms with Crippen LogP contribution in [-0.2, 0) is 0 Å². The van der Waals surface area contributed by atoms with Crippen LogP contribution >= 0.6 is 0 Å². The molecule has 0 bridgehead atoms. The average molecular weight is 156 g/mol. The summed E-state index contributed by atoms with van der Waals surface area (Å²) in [5.41, 5.74) is 3.25. The molecule has 0 atom stereocenters. The summed E-state index contributed by atoms with van der Waals surface area (Å²) in [5, 5.41) is 8.72. The Labute approximate surface area is 62.3 Å². The van der Waals surface area contributed by atoms with Crippen molar-refractivity contribution in [3.63, 3.8) is 0 Å². The number of benzene rings is 1. The average Bonchev–Trinajstić information content (AvgIpc) is 1.94. The van der Waals surface area contributed by atoms with E-state index >= 15 is 0 Å². The van der Waals surface area contributed by atoms with Gasteiger partial charge in [-0.25, -0.2) is 9.18 Å². The Kier molecular flexibility index (Phi) is 1.87. The fraction of sp³-hybridized carbons (Fsp3) is 0. The molecule has 4 N–H and O–H groups in total. The standard InChI is InChI=1S/C7H6FNO2/c8-5-3-4(7(9)11)1-2-6(5)10/h1-3,10H,(H2,9,11)/p+1. The van der Waals surface area contributed by atoms with Gasteiger partial charge in [0.25, 0.3) is 0 Å². The molecule has 11 heavy (non-hydrogen) atoms. The zero-order valence-corrected chi connectivity index (χ0v) is 5.67. The lowest BCUT2D eigenvalue weighted by molar-refractivity contribution is -0.255. The molecule has 0 spiro atoms. The van der Waals surface area contributed by atoms with Gasteiger partial charge in [0, 0.05) is 0 Å². The molecule has 0 aromatic heterocycles. The Balaban J connectivity index is 3.15. The van der Waals surface area contributed by atoms with Crippen LogP contribution in [0.5, 0.6) is 5.75 Å². The summed E-state index contributed by atoms with van der Waals surface area (Å²) in [6.45, 7) is 0. The molecular weight excluding hydrogens is 149 g/mol. The molecule has 1 aromatic carbocycles. The van der Waals surface area contributed by atoms with Gasteiger partial charge >= 0.3 is 5.91 Å². The third kappa shape index (κ3) is 1.53. The van der Waals surface area contributed by atoms with E-state index in [1.165, 1.54) is 6.07 Å². The van der Waals surface area contributed by atoms with Gasteiger partial charge in [-0.3, -0.25) is 5.73 Å². The third-order valence-corrected chi connectivity index (χ3v) is 1.27. The molecule has 4 heteroatoms. The predicted octanol–water partition coefficient (Wildman–Crippen LogP) is -0.0866. The van der Waals surface area contributed by atoms with Crippen LogP contribution in [0.1, 0.15) is 10.4 Å². The molecule has 1 aromatic rings. The number of quaternary nitrogens is 1. The van der Waals surface area contributed by atoms with Crippen LogP contribution < -0.4 is 5.73 Å². The molecular formula is C7H7FNO2+. The summed E-state index contributed by atoms with van der Waals surface area (Å²) >= 11 is 0. The summed E-state index contributed by atoms with van der Waals surface area (Å²) in [4.78, 5) is 10.5. The Morgan fingerprint density at radius 2 is 2.18 bits per heavy atom. The molecule has 1 rings (SSSR count). The highest BCUT2D eigenvalue weighted by Gasteiger charge is 2.07. The van der Waals surface area contributed by atoms with Gasteiger partial charge in [0.15, 0.2) is 11.6 Å². The number of rotatable bonds is 1. The summed E-state index contributed by atoms with van der Waals surface area (Å²) in [6.07, 6.45) is 0. The molecule has 0 saturated carbocycles. The minimum absolute atomic E-state index is 0.153. The minimum atomic E-state index is -0.806. The normalized spacial score (nSPS) is 9.64. The second kappa shape index (κ2) is 2.67. The maximum atomic E-state index is 12.5. The lowest BCUT2D eigenvalue weighted by Gasteiger charge is -1.94. The van der Waals surface area contributed by atoms with Gasteiger partial charge in [-0.05, 0) is 18.2 Å². The SMILES string of the molecule is [NH3+]C(=O)c1ccc(O)c(F)c1.